The normalized spacial score (nSPS) is 14.3. The van der Waals surface area contributed by atoms with E-state index in [1.807, 2.05) is 24.3 Å². The first kappa shape index (κ1) is 13.7. The number of hydrogen-bond donors (Lipinski definition) is 1. The third-order valence-corrected chi connectivity index (χ3v) is 3.50. The maximum Gasteiger partial charge on any atom is 0.161 e. The predicted octanol–water partition coefficient (Wildman–Crippen LogP) is 5.22. The van der Waals surface area contributed by atoms with Crippen molar-refractivity contribution in [2.75, 3.05) is 0 Å². The average molecular weight is 258 g/mol. The van der Waals surface area contributed by atoms with Gasteiger partial charge in [-0.1, -0.05) is 57.4 Å². The molecule has 102 valence electrons. The zero-order valence-electron chi connectivity index (χ0n) is 11.6. The molecule has 0 fully saturated rings. The summed E-state index contributed by atoms with van der Waals surface area (Å²) in [6.45, 7) is 6.16. The van der Waals surface area contributed by atoms with E-state index in [4.69, 9.17) is 4.74 Å². The molecule has 1 aliphatic heterocycles. The summed E-state index contributed by atoms with van der Waals surface area (Å²) in [5, 5.41) is 10.1. The predicted molar refractivity (Wildman–Crippen MR) is 79.1 cm³/mol. The van der Waals surface area contributed by atoms with E-state index >= 15 is 0 Å². The van der Waals surface area contributed by atoms with Gasteiger partial charge < -0.3 is 9.84 Å². The lowest BCUT2D eigenvalue weighted by Crippen LogP contribution is -2.09. The van der Waals surface area contributed by atoms with Gasteiger partial charge in [-0.2, -0.15) is 0 Å². The summed E-state index contributed by atoms with van der Waals surface area (Å²) < 4.78 is 5.79. The van der Waals surface area contributed by atoms with Crippen molar-refractivity contribution in [1.82, 2.24) is 0 Å². The van der Waals surface area contributed by atoms with Crippen LogP contribution in [0.3, 0.4) is 0 Å². The Hall–Kier alpha value is -1.70. The first-order chi connectivity index (χ1) is 9.24. The monoisotopic (exact) mass is 258 g/mol. The highest BCUT2D eigenvalue weighted by Gasteiger charge is 2.21. The number of benzene rings is 1. The van der Waals surface area contributed by atoms with Crippen LogP contribution in [0.4, 0.5) is 0 Å². The maximum absolute atomic E-state index is 10.1. The molecule has 0 aromatic heterocycles. The van der Waals surface area contributed by atoms with Crippen LogP contribution < -0.4 is 4.74 Å². The Morgan fingerprint density at radius 3 is 2.63 bits per heavy atom. The molecular weight excluding hydrogens is 236 g/mol. The second kappa shape index (κ2) is 6.46. The minimum atomic E-state index is 0.217. The Morgan fingerprint density at radius 2 is 1.84 bits per heavy atom. The molecule has 0 saturated carbocycles. The first-order valence-electron chi connectivity index (χ1n) is 7.12. The Morgan fingerprint density at radius 1 is 1.11 bits per heavy atom. The topological polar surface area (TPSA) is 29.5 Å². The molecule has 1 aromatic carbocycles. The number of allylic oxidation sites excluding steroid dienone is 2. The molecule has 1 aliphatic rings. The van der Waals surface area contributed by atoms with E-state index < -0.39 is 0 Å². The molecule has 2 rings (SSSR count). The van der Waals surface area contributed by atoms with Crippen molar-refractivity contribution in [1.29, 1.82) is 0 Å². The molecule has 0 bridgehead atoms. The summed E-state index contributed by atoms with van der Waals surface area (Å²) in [5.74, 6) is 1.68. The van der Waals surface area contributed by atoms with Crippen molar-refractivity contribution in [3.05, 3.63) is 47.9 Å². The van der Waals surface area contributed by atoms with Crippen LogP contribution >= 0.6 is 0 Å². The second-order valence-corrected chi connectivity index (χ2v) is 5.01. The first-order valence-corrected chi connectivity index (χ1v) is 7.12. The summed E-state index contributed by atoms with van der Waals surface area (Å²) in [6.07, 6.45) is 6.79. The molecule has 0 amide bonds. The zero-order chi connectivity index (χ0) is 13.7. The minimum absolute atomic E-state index is 0.217. The number of unbranched alkanes of at least 4 members (excludes halogenated alkanes) is 4. The van der Waals surface area contributed by atoms with Gasteiger partial charge in [-0.3, -0.25) is 0 Å². The number of aliphatic hydroxyl groups is 1. The van der Waals surface area contributed by atoms with E-state index in [0.717, 1.165) is 24.2 Å². The largest absolute Gasteiger partial charge is 0.504 e. The second-order valence-electron chi connectivity index (χ2n) is 5.01. The zero-order valence-corrected chi connectivity index (χ0v) is 11.6. The van der Waals surface area contributed by atoms with Gasteiger partial charge in [-0.25, -0.2) is 0 Å². The lowest BCUT2D eigenvalue weighted by atomic mass is 9.99. The molecule has 0 radical (unpaired) electrons. The number of fused-ring (bicyclic) bond motifs is 1. The summed E-state index contributed by atoms with van der Waals surface area (Å²) in [4.78, 5) is 0. The third-order valence-electron chi connectivity index (χ3n) is 3.50. The van der Waals surface area contributed by atoms with Gasteiger partial charge in [-0.05, 0) is 12.5 Å². The molecule has 0 atom stereocenters. The Bertz CT molecular complexity index is 486. The van der Waals surface area contributed by atoms with Gasteiger partial charge in [0.15, 0.2) is 5.76 Å². The Labute approximate surface area is 115 Å². The van der Waals surface area contributed by atoms with Crippen molar-refractivity contribution in [2.45, 2.75) is 45.4 Å². The van der Waals surface area contributed by atoms with Crippen molar-refractivity contribution < 1.29 is 9.84 Å². The number of rotatable bonds is 6. The van der Waals surface area contributed by atoms with E-state index in [-0.39, 0.29) is 5.76 Å². The van der Waals surface area contributed by atoms with Gasteiger partial charge >= 0.3 is 0 Å². The van der Waals surface area contributed by atoms with Crippen molar-refractivity contribution in [2.24, 2.45) is 0 Å². The lowest BCUT2D eigenvalue weighted by Gasteiger charge is -2.22. The van der Waals surface area contributed by atoms with Gasteiger partial charge in [0.2, 0.25) is 0 Å². The van der Waals surface area contributed by atoms with Crippen LogP contribution in [0.25, 0.3) is 5.57 Å². The van der Waals surface area contributed by atoms with Crippen molar-refractivity contribution in [3.63, 3.8) is 0 Å². The van der Waals surface area contributed by atoms with Crippen LogP contribution in [0.15, 0.2) is 42.4 Å². The highest BCUT2D eigenvalue weighted by atomic mass is 16.5. The summed E-state index contributed by atoms with van der Waals surface area (Å²) in [7, 11) is 0. The fourth-order valence-electron chi connectivity index (χ4n) is 2.34. The van der Waals surface area contributed by atoms with Gasteiger partial charge in [0, 0.05) is 17.6 Å². The molecule has 2 nitrogen and oxygen atoms in total. The average Bonchev–Trinajstić information content (AvgIpc) is 2.44. The molecule has 1 N–H and O–H groups in total. The van der Waals surface area contributed by atoms with Gasteiger partial charge in [0.1, 0.15) is 11.5 Å². The quantitative estimate of drug-likeness (QED) is 0.709. The Kier molecular flexibility index (Phi) is 4.67. The van der Waals surface area contributed by atoms with Crippen LogP contribution in [0.2, 0.25) is 0 Å². The number of ether oxygens (including phenoxy) is 1. The van der Waals surface area contributed by atoms with Crippen molar-refractivity contribution >= 4 is 5.57 Å². The van der Waals surface area contributed by atoms with Gasteiger partial charge in [-0.15, -0.1) is 0 Å². The van der Waals surface area contributed by atoms with E-state index in [1.54, 1.807) is 0 Å². The minimum Gasteiger partial charge on any atom is -0.504 e. The van der Waals surface area contributed by atoms with E-state index in [1.165, 1.54) is 25.7 Å². The number of aliphatic hydroxyl groups excluding tert-OH is 1. The molecule has 1 aromatic rings. The van der Waals surface area contributed by atoms with Crippen molar-refractivity contribution in [3.8, 4) is 5.75 Å². The van der Waals surface area contributed by atoms with Gasteiger partial charge in [0.25, 0.3) is 0 Å². The third kappa shape index (κ3) is 3.19. The van der Waals surface area contributed by atoms with Crippen LogP contribution in [-0.2, 0) is 0 Å². The summed E-state index contributed by atoms with van der Waals surface area (Å²) >= 11 is 0. The molecule has 0 aliphatic carbocycles. The molecule has 19 heavy (non-hydrogen) atoms. The molecular formula is C17H22O2. The van der Waals surface area contributed by atoms with Crippen LogP contribution in [0.5, 0.6) is 5.75 Å². The maximum atomic E-state index is 10.1. The molecule has 0 saturated heterocycles. The summed E-state index contributed by atoms with van der Waals surface area (Å²) in [5.41, 5.74) is 1.56. The fraction of sp³-hybridized carbons (Fsp3) is 0.412. The van der Waals surface area contributed by atoms with Crippen LogP contribution in [-0.4, -0.2) is 5.11 Å². The lowest BCUT2D eigenvalue weighted by molar-refractivity contribution is 0.325. The highest BCUT2D eigenvalue weighted by Crippen LogP contribution is 2.37. The van der Waals surface area contributed by atoms with Gasteiger partial charge in [0.05, 0.1) is 0 Å². The SMILES string of the molecule is C=C1C(O)=C(CCCCCCC)Oc2ccccc21. The van der Waals surface area contributed by atoms with Crippen LogP contribution in [0, 0.1) is 0 Å². The van der Waals surface area contributed by atoms with E-state index in [0.29, 0.717) is 11.3 Å². The standard InChI is InChI=1S/C17H22O2/c1-3-4-5-6-7-12-16-17(18)13(2)14-10-8-9-11-15(14)19-16/h8-11,18H,2-7,12H2,1H3. The smallest absolute Gasteiger partial charge is 0.161 e. The van der Waals surface area contributed by atoms with Crippen LogP contribution in [0.1, 0.15) is 51.0 Å². The fourth-order valence-corrected chi connectivity index (χ4v) is 2.34. The summed E-state index contributed by atoms with van der Waals surface area (Å²) in [6, 6.07) is 7.71. The van der Waals surface area contributed by atoms with E-state index in [2.05, 4.69) is 13.5 Å². The molecule has 0 spiro atoms. The molecule has 2 heteroatoms. The molecule has 1 heterocycles. The Balaban J connectivity index is 1.98. The van der Waals surface area contributed by atoms with E-state index in [9.17, 15) is 5.11 Å². The molecule has 0 unspecified atom stereocenters. The number of hydrogen-bond acceptors (Lipinski definition) is 2. The number of para-hydroxylation sites is 1. The highest BCUT2D eigenvalue weighted by molar-refractivity contribution is 5.80.